The minimum absolute atomic E-state index is 0.0616. The normalized spacial score (nSPS) is 11.4. The zero-order valence-corrected chi connectivity index (χ0v) is 16.4. The Labute approximate surface area is 168 Å². The predicted octanol–water partition coefficient (Wildman–Crippen LogP) is 3.76. The minimum atomic E-state index is -0.550. The van der Waals surface area contributed by atoms with Crippen LogP contribution < -0.4 is 11.0 Å². The maximum atomic E-state index is 12.2. The molecule has 0 amide bonds. The van der Waals surface area contributed by atoms with Gasteiger partial charge in [-0.2, -0.15) is 10.4 Å². The Morgan fingerprint density at radius 3 is 2.55 bits per heavy atom. The topological polar surface area (TPSA) is 114 Å². The third-order valence-electron chi connectivity index (χ3n) is 4.29. The van der Waals surface area contributed by atoms with Crippen molar-refractivity contribution >= 4 is 12.2 Å². The number of rotatable bonds is 4. The van der Waals surface area contributed by atoms with Crippen molar-refractivity contribution in [3.63, 3.8) is 0 Å². The summed E-state index contributed by atoms with van der Waals surface area (Å²) in [5, 5.41) is 23.6. The Balaban J connectivity index is 1.86. The largest absolute Gasteiger partial charge is 0.508 e. The van der Waals surface area contributed by atoms with Gasteiger partial charge in [0.15, 0.2) is 0 Å². The number of aromatic amines is 1. The lowest BCUT2D eigenvalue weighted by atomic mass is 9.86. The number of nitrogens with zero attached hydrogens (tertiary/aromatic N) is 3. The number of nitrogens with one attached hydrogen (secondary N) is 2. The van der Waals surface area contributed by atoms with Crippen LogP contribution in [0.2, 0.25) is 0 Å². The van der Waals surface area contributed by atoms with Gasteiger partial charge in [0.1, 0.15) is 17.4 Å². The third kappa shape index (κ3) is 4.50. The Morgan fingerprint density at radius 2 is 1.93 bits per heavy atom. The van der Waals surface area contributed by atoms with Gasteiger partial charge in [-0.05, 0) is 22.6 Å². The van der Waals surface area contributed by atoms with Crippen LogP contribution in [0.25, 0.3) is 11.3 Å². The van der Waals surface area contributed by atoms with E-state index in [1.807, 2.05) is 45.0 Å². The lowest BCUT2D eigenvalue weighted by Crippen LogP contribution is -2.16. The van der Waals surface area contributed by atoms with Crippen LogP contribution in [0.4, 0.5) is 5.95 Å². The van der Waals surface area contributed by atoms with E-state index < -0.39 is 5.56 Å². The fraction of sp³-hybridized carbons (Fsp3) is 0.182. The van der Waals surface area contributed by atoms with E-state index in [2.05, 4.69) is 20.5 Å². The lowest BCUT2D eigenvalue weighted by Gasteiger charge is -2.20. The summed E-state index contributed by atoms with van der Waals surface area (Å²) < 4.78 is 0. The molecule has 7 heteroatoms. The second-order valence-electron chi connectivity index (χ2n) is 7.51. The molecule has 29 heavy (non-hydrogen) atoms. The summed E-state index contributed by atoms with van der Waals surface area (Å²) in [4.78, 5) is 19.0. The number of aromatic nitrogens is 2. The van der Waals surface area contributed by atoms with E-state index in [0.29, 0.717) is 11.1 Å². The number of hydrogen-bond donors (Lipinski definition) is 3. The van der Waals surface area contributed by atoms with Crippen molar-refractivity contribution in [2.75, 3.05) is 5.43 Å². The van der Waals surface area contributed by atoms with Crippen LogP contribution in [0.5, 0.6) is 5.75 Å². The van der Waals surface area contributed by atoms with E-state index in [-0.39, 0.29) is 28.4 Å². The number of aromatic hydroxyl groups is 1. The molecule has 0 spiro atoms. The Bertz CT molecular complexity index is 1150. The quantitative estimate of drug-likeness (QED) is 0.466. The fourth-order valence-electron chi connectivity index (χ4n) is 2.87. The number of phenols is 1. The van der Waals surface area contributed by atoms with Gasteiger partial charge in [-0.1, -0.05) is 63.2 Å². The molecule has 0 saturated heterocycles. The van der Waals surface area contributed by atoms with Gasteiger partial charge >= 0.3 is 0 Å². The average molecular weight is 387 g/mol. The number of nitriles is 1. The zero-order chi connectivity index (χ0) is 21.0. The first-order chi connectivity index (χ1) is 13.8. The molecule has 3 rings (SSSR count). The molecule has 146 valence electrons. The highest BCUT2D eigenvalue weighted by Crippen LogP contribution is 2.30. The summed E-state index contributed by atoms with van der Waals surface area (Å²) in [5.41, 5.74) is 4.35. The number of hydrogen-bond acceptors (Lipinski definition) is 6. The monoisotopic (exact) mass is 387 g/mol. The number of anilines is 1. The van der Waals surface area contributed by atoms with Gasteiger partial charge < -0.3 is 5.11 Å². The molecule has 0 atom stereocenters. The Morgan fingerprint density at radius 1 is 1.21 bits per heavy atom. The highest BCUT2D eigenvalue weighted by molar-refractivity contribution is 5.81. The molecule has 0 radical (unpaired) electrons. The van der Waals surface area contributed by atoms with Crippen LogP contribution in [0.1, 0.15) is 37.5 Å². The molecule has 0 aliphatic heterocycles. The smallest absolute Gasteiger partial charge is 0.270 e. The number of H-pyrrole nitrogens is 1. The minimum Gasteiger partial charge on any atom is -0.508 e. The Kier molecular flexibility index (Phi) is 5.46. The van der Waals surface area contributed by atoms with E-state index in [0.717, 1.165) is 5.56 Å². The van der Waals surface area contributed by atoms with Crippen molar-refractivity contribution in [2.24, 2.45) is 5.10 Å². The Hall–Kier alpha value is -3.92. The van der Waals surface area contributed by atoms with Crippen LogP contribution in [-0.4, -0.2) is 21.3 Å². The highest BCUT2D eigenvalue weighted by Gasteiger charge is 2.17. The van der Waals surface area contributed by atoms with Crippen LogP contribution in [0, 0.1) is 11.3 Å². The first kappa shape index (κ1) is 19.8. The summed E-state index contributed by atoms with van der Waals surface area (Å²) in [5.74, 6) is 0.303. The molecule has 3 aromatic rings. The summed E-state index contributed by atoms with van der Waals surface area (Å²) in [6.45, 7) is 6.07. The van der Waals surface area contributed by atoms with Crippen LogP contribution >= 0.6 is 0 Å². The molecule has 2 aromatic carbocycles. The second-order valence-corrected chi connectivity index (χ2v) is 7.51. The predicted molar refractivity (Wildman–Crippen MR) is 113 cm³/mol. The van der Waals surface area contributed by atoms with Crippen molar-refractivity contribution in [3.05, 3.63) is 75.6 Å². The molecule has 0 aliphatic carbocycles. The molecule has 0 saturated carbocycles. The molecule has 0 unspecified atom stereocenters. The molecule has 0 aliphatic rings. The van der Waals surface area contributed by atoms with E-state index >= 15 is 0 Å². The van der Waals surface area contributed by atoms with Crippen molar-refractivity contribution < 1.29 is 5.11 Å². The molecular weight excluding hydrogens is 366 g/mol. The first-order valence-electron chi connectivity index (χ1n) is 9.02. The number of hydrazone groups is 1. The summed E-state index contributed by atoms with van der Waals surface area (Å²) in [6, 6.07) is 16.2. The molecular formula is C22H21N5O2. The van der Waals surface area contributed by atoms with Gasteiger partial charge in [-0.15, -0.1) is 0 Å². The molecule has 1 aromatic heterocycles. The fourth-order valence-corrected chi connectivity index (χ4v) is 2.87. The first-order valence-corrected chi connectivity index (χ1v) is 9.02. The zero-order valence-electron chi connectivity index (χ0n) is 16.4. The summed E-state index contributed by atoms with van der Waals surface area (Å²) in [6.07, 6.45) is 1.51. The van der Waals surface area contributed by atoms with Crippen molar-refractivity contribution in [2.45, 2.75) is 26.2 Å². The summed E-state index contributed by atoms with van der Waals surface area (Å²) in [7, 11) is 0. The second kappa shape index (κ2) is 7.98. The average Bonchev–Trinajstić information content (AvgIpc) is 2.67. The van der Waals surface area contributed by atoms with Gasteiger partial charge in [-0.25, -0.2) is 10.4 Å². The molecule has 0 bridgehead atoms. The molecule has 3 N–H and O–H groups in total. The number of phenolic OH excluding ortho intramolecular Hbond substituents is 1. The van der Waals surface area contributed by atoms with Crippen LogP contribution in [-0.2, 0) is 5.41 Å². The van der Waals surface area contributed by atoms with Gasteiger partial charge in [-0.3, -0.25) is 9.78 Å². The molecule has 1 heterocycles. The van der Waals surface area contributed by atoms with Crippen molar-refractivity contribution in [3.8, 4) is 23.1 Å². The van der Waals surface area contributed by atoms with E-state index in [4.69, 9.17) is 0 Å². The van der Waals surface area contributed by atoms with Crippen molar-refractivity contribution in [1.82, 2.24) is 9.97 Å². The maximum absolute atomic E-state index is 12.2. The summed E-state index contributed by atoms with van der Waals surface area (Å²) >= 11 is 0. The molecule has 7 nitrogen and oxygen atoms in total. The van der Waals surface area contributed by atoms with Gasteiger partial charge in [0.2, 0.25) is 5.95 Å². The van der Waals surface area contributed by atoms with Gasteiger partial charge in [0.25, 0.3) is 5.56 Å². The lowest BCUT2D eigenvalue weighted by molar-refractivity contribution is 0.446. The van der Waals surface area contributed by atoms with Crippen molar-refractivity contribution in [1.29, 1.82) is 5.26 Å². The van der Waals surface area contributed by atoms with Gasteiger partial charge in [0.05, 0.1) is 11.9 Å². The van der Waals surface area contributed by atoms with E-state index in [1.54, 1.807) is 30.3 Å². The standard InChI is InChI=1S/C22H21N5O2/c1-22(2,3)17-10-9-14(11-18(17)28)13-24-27-21-25-19(15-7-5-4-6-8-15)16(12-23)20(29)26-21/h4-11,13,28H,1-3H3,(H2,25,26,27,29). The van der Waals surface area contributed by atoms with Crippen LogP contribution in [0.15, 0.2) is 58.4 Å². The highest BCUT2D eigenvalue weighted by atomic mass is 16.3. The SMILES string of the molecule is CC(C)(C)c1ccc(C=NNc2nc(-c3ccccc3)c(C#N)c(=O)[nH]2)cc1O. The van der Waals surface area contributed by atoms with E-state index in [1.165, 1.54) is 6.21 Å². The third-order valence-corrected chi connectivity index (χ3v) is 4.29. The molecule has 0 fully saturated rings. The van der Waals surface area contributed by atoms with E-state index in [9.17, 15) is 15.2 Å². The van der Waals surface area contributed by atoms with Gasteiger partial charge in [0, 0.05) is 5.56 Å². The maximum Gasteiger partial charge on any atom is 0.270 e. The van der Waals surface area contributed by atoms with Crippen LogP contribution in [0.3, 0.4) is 0 Å². The number of benzene rings is 2.